The van der Waals surface area contributed by atoms with E-state index in [9.17, 15) is 0 Å². The predicted octanol–water partition coefficient (Wildman–Crippen LogP) is 4.33. The van der Waals surface area contributed by atoms with Gasteiger partial charge in [-0.1, -0.05) is 38.1 Å². The number of aryl methyl sites for hydroxylation is 1. The topological polar surface area (TPSA) is 29.9 Å². The fourth-order valence-electron chi connectivity index (χ4n) is 2.60. The largest absolute Gasteiger partial charge is 0.310 e. The summed E-state index contributed by atoms with van der Waals surface area (Å²) in [4.78, 5) is 0. The van der Waals surface area contributed by atoms with E-state index in [0.717, 1.165) is 25.9 Å². The molecule has 3 heteroatoms. The van der Waals surface area contributed by atoms with Crippen LogP contribution in [0.2, 0.25) is 0 Å². The van der Waals surface area contributed by atoms with Crippen LogP contribution < -0.4 is 5.32 Å². The van der Waals surface area contributed by atoms with Crippen molar-refractivity contribution in [2.75, 3.05) is 6.54 Å². The molecular weight excluding hydrogens is 258 g/mol. The summed E-state index contributed by atoms with van der Waals surface area (Å²) in [7, 11) is 0. The maximum Gasteiger partial charge on any atom is 0.0571 e. The standard InChI is InChI=1S/C18H27N3/c1-5-11-19-14(3)16-7-9-17(10-8-16)18-13-20-21(12-6-2)15(18)4/h7-10,13-14,19H,5-6,11-12H2,1-4H3. The highest BCUT2D eigenvalue weighted by Gasteiger charge is 2.09. The van der Waals surface area contributed by atoms with E-state index in [2.05, 4.69) is 67.1 Å². The first-order valence-corrected chi connectivity index (χ1v) is 8.03. The molecule has 0 fully saturated rings. The van der Waals surface area contributed by atoms with Gasteiger partial charge in [-0.25, -0.2) is 0 Å². The maximum atomic E-state index is 4.48. The van der Waals surface area contributed by atoms with Crippen LogP contribution in [-0.2, 0) is 6.54 Å². The van der Waals surface area contributed by atoms with Crippen molar-refractivity contribution >= 4 is 0 Å². The second-order valence-electron chi connectivity index (χ2n) is 5.66. The molecule has 0 aliphatic rings. The first kappa shape index (κ1) is 15.8. The summed E-state index contributed by atoms with van der Waals surface area (Å²) < 4.78 is 2.09. The molecule has 0 aliphatic heterocycles. The van der Waals surface area contributed by atoms with E-state index < -0.39 is 0 Å². The third kappa shape index (κ3) is 3.73. The van der Waals surface area contributed by atoms with Crippen molar-refractivity contribution in [1.82, 2.24) is 15.1 Å². The van der Waals surface area contributed by atoms with Crippen molar-refractivity contribution < 1.29 is 0 Å². The predicted molar refractivity (Wildman–Crippen MR) is 89.4 cm³/mol. The molecule has 2 rings (SSSR count). The Kier molecular flexibility index (Phi) is 5.57. The maximum absolute atomic E-state index is 4.48. The van der Waals surface area contributed by atoms with Gasteiger partial charge in [-0.2, -0.15) is 5.10 Å². The van der Waals surface area contributed by atoms with Gasteiger partial charge >= 0.3 is 0 Å². The Morgan fingerprint density at radius 2 is 1.86 bits per heavy atom. The zero-order valence-electron chi connectivity index (χ0n) is 13.7. The molecule has 3 nitrogen and oxygen atoms in total. The molecule has 1 aromatic carbocycles. The quantitative estimate of drug-likeness (QED) is 0.820. The van der Waals surface area contributed by atoms with Crippen LogP contribution in [0.15, 0.2) is 30.5 Å². The lowest BCUT2D eigenvalue weighted by Crippen LogP contribution is -2.19. The molecule has 1 unspecified atom stereocenters. The normalized spacial score (nSPS) is 12.6. The number of benzene rings is 1. The molecule has 0 saturated carbocycles. The van der Waals surface area contributed by atoms with Gasteiger partial charge in [0, 0.05) is 23.8 Å². The fraction of sp³-hybridized carbons (Fsp3) is 0.500. The van der Waals surface area contributed by atoms with E-state index in [1.807, 2.05) is 6.20 Å². The number of aromatic nitrogens is 2. The summed E-state index contributed by atoms with van der Waals surface area (Å²) in [5.41, 5.74) is 5.08. The summed E-state index contributed by atoms with van der Waals surface area (Å²) in [5, 5.41) is 8.01. The van der Waals surface area contributed by atoms with Crippen LogP contribution in [-0.4, -0.2) is 16.3 Å². The van der Waals surface area contributed by atoms with Gasteiger partial charge in [-0.15, -0.1) is 0 Å². The lowest BCUT2D eigenvalue weighted by atomic mass is 10.0. The van der Waals surface area contributed by atoms with Crippen LogP contribution in [0.1, 0.15) is 50.9 Å². The number of nitrogens with one attached hydrogen (secondary N) is 1. The number of nitrogens with zero attached hydrogens (tertiary/aromatic N) is 2. The van der Waals surface area contributed by atoms with E-state index in [1.165, 1.54) is 22.4 Å². The molecule has 21 heavy (non-hydrogen) atoms. The Labute approximate surface area is 128 Å². The highest BCUT2D eigenvalue weighted by atomic mass is 15.3. The summed E-state index contributed by atoms with van der Waals surface area (Å²) in [6.45, 7) is 10.8. The van der Waals surface area contributed by atoms with Crippen LogP contribution in [0.25, 0.3) is 11.1 Å². The Balaban J connectivity index is 2.15. The zero-order chi connectivity index (χ0) is 15.2. The van der Waals surface area contributed by atoms with Crippen molar-refractivity contribution in [3.8, 4) is 11.1 Å². The molecule has 0 bridgehead atoms. The van der Waals surface area contributed by atoms with Crippen LogP contribution >= 0.6 is 0 Å². The minimum atomic E-state index is 0.405. The van der Waals surface area contributed by atoms with Gasteiger partial charge in [0.25, 0.3) is 0 Å². The SMILES string of the molecule is CCCNC(C)c1ccc(-c2cnn(CCC)c2C)cc1. The molecule has 114 valence electrons. The molecule has 2 aromatic rings. The van der Waals surface area contributed by atoms with Crippen LogP contribution in [0.5, 0.6) is 0 Å². The minimum absolute atomic E-state index is 0.405. The van der Waals surface area contributed by atoms with E-state index >= 15 is 0 Å². The summed E-state index contributed by atoms with van der Waals surface area (Å²) in [5.74, 6) is 0. The van der Waals surface area contributed by atoms with Crippen molar-refractivity contribution in [2.24, 2.45) is 0 Å². The molecule has 0 saturated heterocycles. The smallest absolute Gasteiger partial charge is 0.0571 e. The van der Waals surface area contributed by atoms with Gasteiger partial charge in [-0.05, 0) is 44.4 Å². The van der Waals surface area contributed by atoms with E-state index in [0.29, 0.717) is 6.04 Å². The second-order valence-corrected chi connectivity index (χ2v) is 5.66. The summed E-state index contributed by atoms with van der Waals surface area (Å²) in [6.07, 6.45) is 4.26. The molecule has 0 spiro atoms. The van der Waals surface area contributed by atoms with Crippen LogP contribution in [0, 0.1) is 6.92 Å². The fourth-order valence-corrected chi connectivity index (χ4v) is 2.60. The molecular formula is C18H27N3. The Hall–Kier alpha value is -1.61. The molecule has 1 N–H and O–H groups in total. The van der Waals surface area contributed by atoms with Gasteiger partial charge in [0.05, 0.1) is 6.20 Å². The molecule has 0 aliphatic carbocycles. The van der Waals surface area contributed by atoms with Crippen molar-refractivity contribution in [2.45, 2.75) is 53.1 Å². The Bertz CT molecular complexity index is 554. The third-order valence-electron chi connectivity index (χ3n) is 3.96. The Morgan fingerprint density at radius 1 is 1.14 bits per heavy atom. The van der Waals surface area contributed by atoms with E-state index in [-0.39, 0.29) is 0 Å². The van der Waals surface area contributed by atoms with Crippen molar-refractivity contribution in [1.29, 1.82) is 0 Å². The molecule has 1 heterocycles. The molecule has 0 amide bonds. The van der Waals surface area contributed by atoms with Gasteiger partial charge in [0.2, 0.25) is 0 Å². The van der Waals surface area contributed by atoms with Gasteiger partial charge < -0.3 is 5.32 Å². The molecule has 1 atom stereocenters. The zero-order valence-corrected chi connectivity index (χ0v) is 13.7. The Morgan fingerprint density at radius 3 is 2.48 bits per heavy atom. The monoisotopic (exact) mass is 285 g/mol. The lowest BCUT2D eigenvalue weighted by Gasteiger charge is -2.14. The highest BCUT2D eigenvalue weighted by Crippen LogP contribution is 2.25. The van der Waals surface area contributed by atoms with E-state index in [4.69, 9.17) is 0 Å². The first-order valence-electron chi connectivity index (χ1n) is 8.03. The number of hydrogen-bond donors (Lipinski definition) is 1. The van der Waals surface area contributed by atoms with E-state index in [1.54, 1.807) is 0 Å². The highest BCUT2D eigenvalue weighted by molar-refractivity contribution is 5.65. The first-order chi connectivity index (χ1) is 10.2. The molecule has 0 radical (unpaired) electrons. The molecule has 1 aromatic heterocycles. The van der Waals surface area contributed by atoms with Crippen LogP contribution in [0.3, 0.4) is 0 Å². The van der Waals surface area contributed by atoms with Crippen molar-refractivity contribution in [3.63, 3.8) is 0 Å². The minimum Gasteiger partial charge on any atom is -0.310 e. The average Bonchev–Trinajstić information content (AvgIpc) is 2.87. The third-order valence-corrected chi connectivity index (χ3v) is 3.96. The van der Waals surface area contributed by atoms with Crippen molar-refractivity contribution in [3.05, 3.63) is 41.7 Å². The van der Waals surface area contributed by atoms with Gasteiger partial charge in [-0.3, -0.25) is 4.68 Å². The average molecular weight is 285 g/mol. The van der Waals surface area contributed by atoms with Crippen LogP contribution in [0.4, 0.5) is 0 Å². The summed E-state index contributed by atoms with van der Waals surface area (Å²) in [6, 6.07) is 9.26. The van der Waals surface area contributed by atoms with Gasteiger partial charge in [0.15, 0.2) is 0 Å². The lowest BCUT2D eigenvalue weighted by molar-refractivity contribution is 0.571. The number of rotatable bonds is 7. The van der Waals surface area contributed by atoms with Gasteiger partial charge in [0.1, 0.15) is 0 Å². The number of hydrogen-bond acceptors (Lipinski definition) is 2. The summed E-state index contributed by atoms with van der Waals surface area (Å²) >= 11 is 0. The second kappa shape index (κ2) is 7.41.